The Labute approximate surface area is 321 Å². The van der Waals surface area contributed by atoms with Crippen molar-refractivity contribution >= 4 is 34.8 Å². The molecule has 1 atom stereocenters. The summed E-state index contributed by atoms with van der Waals surface area (Å²) in [6, 6.07) is 23.9. The summed E-state index contributed by atoms with van der Waals surface area (Å²) in [6.45, 7) is 11.4. The number of hydrogen-bond acceptors (Lipinski definition) is 9. The molecule has 1 N–H and O–H groups in total. The molecule has 4 aromatic rings. The summed E-state index contributed by atoms with van der Waals surface area (Å²) >= 11 is 0. The van der Waals surface area contributed by atoms with Crippen LogP contribution in [0.5, 0.6) is 0 Å². The number of nitrogens with one attached hydrogen (secondary N) is 1. The van der Waals surface area contributed by atoms with Crippen LogP contribution in [0.1, 0.15) is 77.0 Å². The molecule has 11 nitrogen and oxygen atoms in total. The summed E-state index contributed by atoms with van der Waals surface area (Å²) in [5.74, 6) is 0.540. The molecule has 9 rings (SSSR count). The Hall–Kier alpha value is -5.47. The van der Waals surface area contributed by atoms with Crippen LogP contribution in [0.25, 0.3) is 11.1 Å². The van der Waals surface area contributed by atoms with Crippen LogP contribution in [-0.4, -0.2) is 77.5 Å². The number of imide groups is 1. The van der Waals surface area contributed by atoms with Crippen molar-refractivity contribution < 1.29 is 18.9 Å². The fraction of sp³-hybridized carbons (Fsp3) is 0.432. The zero-order valence-corrected chi connectivity index (χ0v) is 31.8. The van der Waals surface area contributed by atoms with Crippen LogP contribution in [0.3, 0.4) is 0 Å². The van der Waals surface area contributed by atoms with Gasteiger partial charge in [-0.05, 0) is 112 Å². The molecule has 0 radical (unpaired) electrons. The summed E-state index contributed by atoms with van der Waals surface area (Å²) in [4.78, 5) is 46.5. The molecule has 0 spiro atoms. The Kier molecular flexibility index (Phi) is 8.76. The number of anilines is 3. The summed E-state index contributed by atoms with van der Waals surface area (Å²) in [5.41, 5.74) is 10.1. The van der Waals surface area contributed by atoms with Crippen molar-refractivity contribution in [2.24, 2.45) is 5.92 Å². The number of benzene rings is 3. The molecule has 11 heteroatoms. The second kappa shape index (κ2) is 13.7. The van der Waals surface area contributed by atoms with E-state index in [0.717, 1.165) is 103 Å². The van der Waals surface area contributed by atoms with Crippen LogP contribution >= 0.6 is 0 Å². The van der Waals surface area contributed by atoms with Gasteiger partial charge in [-0.2, -0.15) is 5.26 Å². The highest BCUT2D eigenvalue weighted by molar-refractivity contribution is 6.05. The molecule has 4 aliphatic heterocycles. The number of aryl methyl sites for hydroxylation is 3. The van der Waals surface area contributed by atoms with Crippen LogP contribution in [0.15, 0.2) is 65.2 Å². The van der Waals surface area contributed by atoms with Crippen molar-refractivity contribution in [3.63, 3.8) is 0 Å². The molecule has 0 bridgehead atoms. The molecule has 1 aromatic heterocycles. The number of amides is 3. The number of aromatic nitrogens is 1. The maximum Gasteiger partial charge on any atom is 0.255 e. The van der Waals surface area contributed by atoms with E-state index in [1.807, 2.05) is 26.0 Å². The zero-order valence-electron chi connectivity index (χ0n) is 31.8. The van der Waals surface area contributed by atoms with Crippen molar-refractivity contribution in [3.8, 4) is 17.2 Å². The lowest BCUT2D eigenvalue weighted by molar-refractivity contribution is -0.136. The largest absolute Gasteiger partial charge is 0.371 e. The molecule has 3 saturated heterocycles. The van der Waals surface area contributed by atoms with Gasteiger partial charge in [0.25, 0.3) is 5.91 Å². The number of hydrogen-bond donors (Lipinski definition) is 1. The fourth-order valence-electron chi connectivity index (χ4n) is 9.37. The molecular formula is C44H47N7O4. The third kappa shape index (κ3) is 6.36. The summed E-state index contributed by atoms with van der Waals surface area (Å²) in [5, 5.41) is 16.4. The Morgan fingerprint density at radius 2 is 1.73 bits per heavy atom. The van der Waals surface area contributed by atoms with Gasteiger partial charge in [0.15, 0.2) is 0 Å². The first-order chi connectivity index (χ1) is 26.6. The smallest absolute Gasteiger partial charge is 0.255 e. The molecule has 1 saturated carbocycles. The van der Waals surface area contributed by atoms with E-state index in [2.05, 4.69) is 86.7 Å². The van der Waals surface area contributed by atoms with Gasteiger partial charge < -0.3 is 19.2 Å². The van der Waals surface area contributed by atoms with Gasteiger partial charge in [-0.15, -0.1) is 0 Å². The summed E-state index contributed by atoms with van der Waals surface area (Å²) in [7, 11) is 0. The van der Waals surface area contributed by atoms with E-state index in [0.29, 0.717) is 30.5 Å². The molecular weight excluding hydrogens is 691 g/mol. The van der Waals surface area contributed by atoms with E-state index >= 15 is 0 Å². The van der Waals surface area contributed by atoms with Gasteiger partial charge in [-0.25, -0.2) is 0 Å². The first kappa shape index (κ1) is 35.2. The zero-order chi connectivity index (χ0) is 38.0. The highest BCUT2D eigenvalue weighted by Crippen LogP contribution is 2.48. The predicted molar refractivity (Wildman–Crippen MR) is 209 cm³/mol. The number of nitriles is 1. The second-order valence-corrected chi connectivity index (χ2v) is 16.3. The number of likely N-dealkylation sites (tertiary alicyclic amines) is 1. The molecule has 55 heavy (non-hydrogen) atoms. The van der Waals surface area contributed by atoms with Gasteiger partial charge in [0.05, 0.1) is 17.2 Å². The Bertz CT molecular complexity index is 2200. The molecule has 5 heterocycles. The van der Waals surface area contributed by atoms with Crippen molar-refractivity contribution in [1.82, 2.24) is 20.3 Å². The van der Waals surface area contributed by atoms with E-state index < -0.39 is 6.04 Å². The molecule has 3 amide bonds. The minimum atomic E-state index is -0.601. The first-order valence-electron chi connectivity index (χ1n) is 19.7. The Balaban J connectivity index is 0.859. The Morgan fingerprint density at radius 3 is 2.40 bits per heavy atom. The molecule has 3 aromatic carbocycles. The minimum absolute atomic E-state index is 0.133. The average molecular weight is 738 g/mol. The van der Waals surface area contributed by atoms with Gasteiger partial charge in [0.2, 0.25) is 11.8 Å². The monoisotopic (exact) mass is 737 g/mol. The molecule has 5 aliphatic rings. The third-order valence-electron chi connectivity index (χ3n) is 12.8. The molecule has 1 unspecified atom stereocenters. The van der Waals surface area contributed by atoms with Crippen LogP contribution in [-0.2, 0) is 21.5 Å². The van der Waals surface area contributed by atoms with Gasteiger partial charge >= 0.3 is 0 Å². The van der Waals surface area contributed by atoms with E-state index in [4.69, 9.17) is 4.52 Å². The molecule has 1 aliphatic carbocycles. The molecule has 282 valence electrons. The van der Waals surface area contributed by atoms with Crippen molar-refractivity contribution in [2.75, 3.05) is 42.5 Å². The number of piperidine rings is 2. The molecule has 4 fully saturated rings. The standard InChI is InChI=1S/C44H47N7O4/c1-27-4-5-31(41-28(2)47-55-29(41)3)21-39(27)50(35-8-6-33(7-9-35)44(26-45)16-17-44)24-30-22-49(23-30)34-14-18-48(19-15-34)36-10-11-37-32(20-36)25-51(43(37)54)38-12-13-40(52)46-42(38)53/h4-11,20-21,30,34,38H,12-19,22-25H2,1-3H3,(H,46,52,53). The summed E-state index contributed by atoms with van der Waals surface area (Å²) in [6.07, 6.45) is 4.64. The fourth-order valence-corrected chi connectivity index (χ4v) is 9.37. The number of fused-ring (bicyclic) bond motifs is 1. The van der Waals surface area contributed by atoms with Crippen LogP contribution < -0.4 is 15.1 Å². The van der Waals surface area contributed by atoms with E-state index in [-0.39, 0.29) is 29.6 Å². The van der Waals surface area contributed by atoms with Gasteiger partial charge in [-0.1, -0.05) is 29.4 Å². The van der Waals surface area contributed by atoms with Crippen molar-refractivity contribution in [3.05, 3.63) is 94.4 Å². The number of nitrogens with zero attached hydrogens (tertiary/aromatic N) is 6. The lowest BCUT2D eigenvalue weighted by atomic mass is 9.91. The number of rotatable bonds is 9. The van der Waals surface area contributed by atoms with Crippen molar-refractivity contribution in [1.29, 1.82) is 5.26 Å². The van der Waals surface area contributed by atoms with Gasteiger partial charge in [-0.3, -0.25) is 24.6 Å². The van der Waals surface area contributed by atoms with Crippen LogP contribution in [0.2, 0.25) is 0 Å². The normalized spacial score (nSPS) is 21.3. The average Bonchev–Trinajstić information content (AvgIpc) is 3.82. The topological polar surface area (TPSA) is 126 Å². The van der Waals surface area contributed by atoms with E-state index in [1.54, 1.807) is 4.90 Å². The van der Waals surface area contributed by atoms with Gasteiger partial charge in [0.1, 0.15) is 11.8 Å². The van der Waals surface area contributed by atoms with E-state index in [1.165, 1.54) is 11.3 Å². The number of carbonyl (C=O) groups excluding carboxylic acids is 3. The maximum absolute atomic E-state index is 13.2. The van der Waals surface area contributed by atoms with Crippen LogP contribution in [0.4, 0.5) is 17.1 Å². The predicted octanol–water partition coefficient (Wildman–Crippen LogP) is 6.32. The lowest BCUT2D eigenvalue weighted by Gasteiger charge is -2.49. The second-order valence-electron chi connectivity index (χ2n) is 16.3. The minimum Gasteiger partial charge on any atom is -0.371 e. The number of carbonyl (C=O) groups is 3. The van der Waals surface area contributed by atoms with Crippen LogP contribution in [0, 0.1) is 38.0 Å². The summed E-state index contributed by atoms with van der Waals surface area (Å²) < 4.78 is 5.54. The quantitative estimate of drug-likeness (QED) is 0.197. The highest BCUT2D eigenvalue weighted by atomic mass is 16.5. The highest BCUT2D eigenvalue weighted by Gasteiger charge is 2.45. The SMILES string of the molecule is Cc1ccc(-c2c(C)noc2C)cc1N(CC1CN(C2CCN(c3ccc4c(c3)CN(C3CCC(=O)NC3=O)C4=O)CC2)C1)c1ccc(C2(C#N)CC2)cc1. The first-order valence-corrected chi connectivity index (χ1v) is 19.7. The van der Waals surface area contributed by atoms with Gasteiger partial charge in [0, 0.05) is 85.8 Å². The third-order valence-corrected chi connectivity index (χ3v) is 12.8. The Morgan fingerprint density at radius 1 is 0.964 bits per heavy atom. The van der Waals surface area contributed by atoms with Crippen molar-refractivity contribution in [2.45, 2.75) is 83.3 Å². The van der Waals surface area contributed by atoms with E-state index in [9.17, 15) is 19.6 Å². The maximum atomic E-state index is 13.2. The lowest BCUT2D eigenvalue weighted by Crippen LogP contribution is -2.57.